The monoisotopic (exact) mass is 306 g/mol. The quantitative estimate of drug-likeness (QED) is 0.500. The van der Waals surface area contributed by atoms with Crippen molar-refractivity contribution in [2.45, 2.75) is 48.6 Å². The number of rotatable bonds is 1. The molecular weight excluding hydrogens is 292 g/mol. The van der Waals surface area contributed by atoms with Crippen molar-refractivity contribution in [1.82, 2.24) is 0 Å². The Morgan fingerprint density at radius 3 is 1.92 bits per heavy atom. The Morgan fingerprint density at radius 2 is 1.54 bits per heavy atom. The molecule has 0 spiro atoms. The highest BCUT2D eigenvalue weighted by Crippen LogP contribution is 2.48. The van der Waals surface area contributed by atoms with Gasteiger partial charge in [0.1, 0.15) is 3.42 Å². The summed E-state index contributed by atoms with van der Waals surface area (Å²) in [5.41, 5.74) is 0. The number of hydrogen-bond acceptors (Lipinski definition) is 0. The third kappa shape index (κ3) is 2.50. The van der Waals surface area contributed by atoms with Crippen LogP contribution in [0.5, 0.6) is 0 Å². The predicted molar refractivity (Wildman–Crippen MR) is 55.1 cm³/mol. The van der Waals surface area contributed by atoms with Gasteiger partial charge in [0, 0.05) is 0 Å². The highest BCUT2D eigenvalue weighted by Gasteiger charge is 2.53. The van der Waals surface area contributed by atoms with Crippen molar-refractivity contribution in [3.8, 4) is 0 Å². The van der Waals surface area contributed by atoms with Gasteiger partial charge in [0.2, 0.25) is 0 Å². The van der Waals surface area contributed by atoms with E-state index in [1.54, 1.807) is 22.6 Å². The zero-order valence-electron chi connectivity index (χ0n) is 7.62. The lowest BCUT2D eigenvalue weighted by molar-refractivity contribution is -0.164. The Kier molecular flexibility index (Phi) is 3.52. The Morgan fingerprint density at radius 1 is 1.08 bits per heavy atom. The molecule has 0 aromatic carbocycles. The molecule has 1 aliphatic carbocycles. The lowest BCUT2D eigenvalue weighted by Gasteiger charge is -2.36. The molecule has 0 saturated heterocycles. The van der Waals surface area contributed by atoms with E-state index in [1.807, 2.05) is 0 Å². The fourth-order valence-electron chi connectivity index (χ4n) is 1.88. The summed E-state index contributed by atoms with van der Waals surface area (Å²) < 4.78 is 36.3. The second kappa shape index (κ2) is 3.95. The fraction of sp³-hybridized carbons (Fsp3) is 1.00. The molecule has 0 aromatic heterocycles. The van der Waals surface area contributed by atoms with Crippen molar-refractivity contribution in [2.24, 2.45) is 5.92 Å². The summed E-state index contributed by atoms with van der Waals surface area (Å²) in [6, 6.07) is 0. The van der Waals surface area contributed by atoms with E-state index in [0.717, 1.165) is 32.1 Å². The van der Waals surface area contributed by atoms with Crippen LogP contribution in [0.2, 0.25) is 0 Å². The van der Waals surface area contributed by atoms with Gasteiger partial charge in [0.15, 0.2) is 0 Å². The highest BCUT2D eigenvalue weighted by molar-refractivity contribution is 14.1. The molecule has 1 aliphatic rings. The first kappa shape index (κ1) is 11.6. The zero-order chi connectivity index (χ0) is 10.1. The number of hydrogen-bond donors (Lipinski definition) is 0. The molecule has 1 fully saturated rings. The molecule has 78 valence electrons. The molecule has 0 heterocycles. The second-order valence-corrected chi connectivity index (χ2v) is 6.15. The Hall–Kier alpha value is 0.520. The summed E-state index contributed by atoms with van der Waals surface area (Å²) in [7, 11) is 0. The van der Waals surface area contributed by atoms with Gasteiger partial charge in [-0.3, -0.25) is 0 Å². The van der Waals surface area contributed by atoms with E-state index in [-0.39, 0.29) is 5.92 Å². The molecule has 1 saturated carbocycles. The molecule has 0 bridgehead atoms. The van der Waals surface area contributed by atoms with Gasteiger partial charge in [-0.15, -0.1) is 0 Å². The minimum atomic E-state index is -4.06. The third-order valence-electron chi connectivity index (χ3n) is 2.93. The molecule has 1 atom stereocenters. The number of alkyl halides is 4. The third-order valence-corrected chi connectivity index (χ3v) is 4.42. The van der Waals surface area contributed by atoms with Crippen molar-refractivity contribution in [3.63, 3.8) is 0 Å². The summed E-state index contributed by atoms with van der Waals surface area (Å²) in [4.78, 5) is 0. The van der Waals surface area contributed by atoms with Gasteiger partial charge in [-0.1, -0.05) is 41.9 Å². The molecule has 1 rings (SSSR count). The summed E-state index contributed by atoms with van der Waals surface area (Å²) in [5, 5.41) is 0. The van der Waals surface area contributed by atoms with E-state index >= 15 is 0 Å². The van der Waals surface area contributed by atoms with E-state index in [4.69, 9.17) is 0 Å². The maximum absolute atomic E-state index is 12.6. The molecule has 0 radical (unpaired) electrons. The molecule has 0 aromatic rings. The van der Waals surface area contributed by atoms with E-state index < -0.39 is 9.60 Å². The molecule has 1 unspecified atom stereocenters. The predicted octanol–water partition coefficient (Wildman–Crippen LogP) is 4.32. The van der Waals surface area contributed by atoms with Crippen LogP contribution in [-0.2, 0) is 0 Å². The van der Waals surface area contributed by atoms with Crippen LogP contribution >= 0.6 is 22.6 Å². The van der Waals surface area contributed by atoms with Crippen molar-refractivity contribution in [1.29, 1.82) is 0 Å². The van der Waals surface area contributed by atoms with Gasteiger partial charge in [-0.2, -0.15) is 13.2 Å². The first-order valence-corrected chi connectivity index (χ1v) is 5.69. The fourth-order valence-corrected chi connectivity index (χ4v) is 2.50. The van der Waals surface area contributed by atoms with Crippen LogP contribution in [0, 0.1) is 5.92 Å². The van der Waals surface area contributed by atoms with Crippen LogP contribution in [0.1, 0.15) is 39.0 Å². The van der Waals surface area contributed by atoms with Crippen LogP contribution in [0.4, 0.5) is 13.2 Å². The van der Waals surface area contributed by atoms with Crippen molar-refractivity contribution >= 4 is 22.6 Å². The largest absolute Gasteiger partial charge is 0.403 e. The van der Waals surface area contributed by atoms with E-state index in [2.05, 4.69) is 0 Å². The van der Waals surface area contributed by atoms with E-state index in [0.29, 0.717) is 0 Å². The van der Waals surface area contributed by atoms with Gasteiger partial charge in [0.05, 0.1) is 0 Å². The van der Waals surface area contributed by atoms with Gasteiger partial charge < -0.3 is 0 Å². The molecule has 4 heteroatoms. The summed E-state index contributed by atoms with van der Waals surface area (Å²) in [6.45, 7) is 1.32. The van der Waals surface area contributed by atoms with Gasteiger partial charge in [-0.25, -0.2) is 0 Å². The summed E-state index contributed by atoms with van der Waals surface area (Å²) in [6.07, 6.45) is 0.424. The van der Waals surface area contributed by atoms with Crippen LogP contribution in [0.15, 0.2) is 0 Å². The standard InChI is InChI=1S/C9H14F3I/c1-8(13,9(10,11)12)7-5-3-2-4-6-7/h7H,2-6H2,1H3. The lowest BCUT2D eigenvalue weighted by atomic mass is 9.80. The van der Waals surface area contributed by atoms with Crippen LogP contribution < -0.4 is 0 Å². The Bertz CT molecular complexity index is 168. The molecule has 0 amide bonds. The average molecular weight is 306 g/mol. The summed E-state index contributed by atoms with van der Waals surface area (Å²) in [5.74, 6) is -0.179. The van der Waals surface area contributed by atoms with Crippen LogP contribution in [0.3, 0.4) is 0 Å². The Balaban J connectivity index is 2.67. The average Bonchev–Trinajstić information content (AvgIpc) is 2.04. The van der Waals surface area contributed by atoms with Crippen molar-refractivity contribution < 1.29 is 13.2 Å². The van der Waals surface area contributed by atoms with Crippen LogP contribution in [0.25, 0.3) is 0 Å². The van der Waals surface area contributed by atoms with Crippen molar-refractivity contribution in [3.05, 3.63) is 0 Å². The van der Waals surface area contributed by atoms with Gasteiger partial charge in [-0.05, 0) is 25.7 Å². The molecule has 0 nitrogen and oxygen atoms in total. The minimum Gasteiger partial charge on any atom is -0.170 e. The zero-order valence-corrected chi connectivity index (χ0v) is 9.78. The first-order chi connectivity index (χ1) is 5.86. The van der Waals surface area contributed by atoms with Gasteiger partial charge >= 0.3 is 6.18 Å². The summed E-state index contributed by atoms with van der Waals surface area (Å²) >= 11 is 1.58. The highest BCUT2D eigenvalue weighted by atomic mass is 127. The normalized spacial score (nSPS) is 25.6. The molecule has 13 heavy (non-hydrogen) atoms. The number of halogens is 4. The molecule has 0 aliphatic heterocycles. The van der Waals surface area contributed by atoms with Crippen LogP contribution in [-0.4, -0.2) is 9.60 Å². The maximum Gasteiger partial charge on any atom is 0.403 e. The second-order valence-electron chi connectivity index (χ2n) is 3.91. The SMILES string of the molecule is CC(I)(C1CCCCC1)C(F)(F)F. The molecule has 0 N–H and O–H groups in total. The minimum absolute atomic E-state index is 0.179. The Labute approximate surface area is 90.4 Å². The topological polar surface area (TPSA) is 0 Å². The first-order valence-electron chi connectivity index (χ1n) is 4.61. The van der Waals surface area contributed by atoms with Gasteiger partial charge in [0.25, 0.3) is 0 Å². The van der Waals surface area contributed by atoms with E-state index in [9.17, 15) is 13.2 Å². The smallest absolute Gasteiger partial charge is 0.170 e. The maximum atomic E-state index is 12.6. The lowest BCUT2D eigenvalue weighted by Crippen LogP contribution is -2.43. The van der Waals surface area contributed by atoms with E-state index in [1.165, 1.54) is 6.92 Å². The molecular formula is C9H14F3I. The van der Waals surface area contributed by atoms with Crippen molar-refractivity contribution in [2.75, 3.05) is 0 Å².